The van der Waals surface area contributed by atoms with E-state index in [9.17, 15) is 14.7 Å². The fourth-order valence-electron chi connectivity index (χ4n) is 4.18. The number of nitrogens with one attached hydrogen (secondary N) is 1. The van der Waals surface area contributed by atoms with E-state index in [0.29, 0.717) is 13.0 Å². The number of rotatable bonds is 10. The molecule has 0 saturated heterocycles. The number of aromatic amines is 1. The van der Waals surface area contributed by atoms with Crippen LogP contribution in [0.5, 0.6) is 0 Å². The lowest BCUT2D eigenvalue weighted by atomic mass is 9.80. The Morgan fingerprint density at radius 3 is 1.74 bits per heavy atom. The molecule has 4 aromatic rings. The molecule has 0 aliphatic rings. The van der Waals surface area contributed by atoms with Gasteiger partial charge in [-0.15, -0.1) is 0 Å². The Hall–Kier alpha value is -3.74. The fraction of sp³-hybridized carbons (Fsp3) is 0.214. The smallest absolute Gasteiger partial charge is 0.328 e. The predicted molar refractivity (Wildman–Crippen MR) is 132 cm³/mol. The van der Waals surface area contributed by atoms with Crippen molar-refractivity contribution in [2.45, 2.75) is 18.6 Å². The minimum Gasteiger partial charge on any atom is -0.396 e. The molecule has 34 heavy (non-hydrogen) atoms. The van der Waals surface area contributed by atoms with Crippen molar-refractivity contribution in [3.8, 4) is 0 Å². The summed E-state index contributed by atoms with van der Waals surface area (Å²) in [5.74, 6) is -0.214. The maximum atomic E-state index is 12.0. The molecule has 0 amide bonds. The van der Waals surface area contributed by atoms with E-state index in [-0.39, 0.29) is 19.1 Å². The number of hydrogen-bond donors (Lipinski definition) is 2. The number of ether oxygens (including phenoxy) is 1. The Labute approximate surface area is 198 Å². The van der Waals surface area contributed by atoms with Gasteiger partial charge in [-0.1, -0.05) is 91.0 Å². The summed E-state index contributed by atoms with van der Waals surface area (Å²) in [5, 5.41) is 10.1. The van der Waals surface area contributed by atoms with Gasteiger partial charge in [0.15, 0.2) is 0 Å². The van der Waals surface area contributed by atoms with E-state index in [1.54, 1.807) is 0 Å². The average Bonchev–Trinajstić information content (AvgIpc) is 2.89. The molecule has 1 unspecified atom stereocenters. The quantitative estimate of drug-likeness (QED) is 0.358. The molecule has 174 valence electrons. The molecule has 4 rings (SSSR count). The van der Waals surface area contributed by atoms with Crippen molar-refractivity contribution in [1.82, 2.24) is 9.55 Å². The standard InChI is InChI=1S/C28H28N2O4/c31-20-22(16-18-30-19-17-26(32)29-27(30)33)21-34-28(23-10-4-1-5-11-23,24-12-6-2-7-13-24)25-14-8-3-9-15-25/h1-15,17,19,22,31H,16,18,20-21H2,(H,29,32,33). The first kappa shape index (κ1) is 23.4. The van der Waals surface area contributed by atoms with Crippen LogP contribution in [0.4, 0.5) is 0 Å². The third kappa shape index (κ3) is 5.09. The summed E-state index contributed by atoms with van der Waals surface area (Å²) in [6.07, 6.45) is 1.98. The summed E-state index contributed by atoms with van der Waals surface area (Å²) in [4.78, 5) is 25.6. The molecule has 3 aromatic carbocycles. The molecule has 0 bridgehead atoms. The second-order valence-corrected chi connectivity index (χ2v) is 8.23. The first-order chi connectivity index (χ1) is 16.6. The molecule has 0 radical (unpaired) electrons. The van der Waals surface area contributed by atoms with Crippen LogP contribution in [-0.2, 0) is 16.9 Å². The van der Waals surface area contributed by atoms with E-state index in [0.717, 1.165) is 16.7 Å². The van der Waals surface area contributed by atoms with Gasteiger partial charge in [0.05, 0.1) is 6.61 Å². The molecule has 1 heterocycles. The molecule has 6 nitrogen and oxygen atoms in total. The minimum absolute atomic E-state index is 0.0907. The Morgan fingerprint density at radius 1 is 0.794 bits per heavy atom. The van der Waals surface area contributed by atoms with Crippen LogP contribution in [0.1, 0.15) is 23.1 Å². The summed E-state index contributed by atoms with van der Waals surface area (Å²) in [6.45, 7) is 0.541. The fourth-order valence-corrected chi connectivity index (χ4v) is 4.18. The highest BCUT2D eigenvalue weighted by atomic mass is 16.5. The Kier molecular flexibility index (Phi) is 7.52. The van der Waals surface area contributed by atoms with Gasteiger partial charge < -0.3 is 14.4 Å². The van der Waals surface area contributed by atoms with Gasteiger partial charge in [-0.2, -0.15) is 0 Å². The van der Waals surface area contributed by atoms with Crippen molar-refractivity contribution in [2.24, 2.45) is 5.92 Å². The molecule has 6 heteroatoms. The third-order valence-corrected chi connectivity index (χ3v) is 6.01. The second kappa shape index (κ2) is 10.9. The van der Waals surface area contributed by atoms with E-state index in [4.69, 9.17) is 4.74 Å². The van der Waals surface area contributed by atoms with Crippen LogP contribution < -0.4 is 11.2 Å². The number of benzene rings is 3. The molecule has 0 spiro atoms. The van der Waals surface area contributed by atoms with Crippen LogP contribution in [0, 0.1) is 5.92 Å². The van der Waals surface area contributed by atoms with Gasteiger partial charge in [-0.3, -0.25) is 9.78 Å². The van der Waals surface area contributed by atoms with Crippen molar-refractivity contribution in [1.29, 1.82) is 0 Å². The Balaban J connectivity index is 1.66. The summed E-state index contributed by atoms with van der Waals surface area (Å²) >= 11 is 0. The molecule has 1 aromatic heterocycles. The summed E-state index contributed by atoms with van der Waals surface area (Å²) in [7, 11) is 0. The zero-order valence-electron chi connectivity index (χ0n) is 18.8. The highest BCUT2D eigenvalue weighted by Crippen LogP contribution is 2.40. The third-order valence-electron chi connectivity index (χ3n) is 6.01. The summed E-state index contributed by atoms with van der Waals surface area (Å²) in [5.41, 5.74) is 1.20. The molecule has 0 aliphatic carbocycles. The first-order valence-electron chi connectivity index (χ1n) is 11.3. The largest absolute Gasteiger partial charge is 0.396 e. The minimum atomic E-state index is -0.869. The molecule has 2 N–H and O–H groups in total. The zero-order valence-corrected chi connectivity index (χ0v) is 18.8. The molecule has 0 saturated carbocycles. The molecular formula is C28H28N2O4. The Bertz CT molecular complexity index is 1190. The Morgan fingerprint density at radius 2 is 1.29 bits per heavy atom. The van der Waals surface area contributed by atoms with Gasteiger partial charge in [0.25, 0.3) is 5.56 Å². The maximum absolute atomic E-state index is 12.0. The van der Waals surface area contributed by atoms with Crippen molar-refractivity contribution in [2.75, 3.05) is 13.2 Å². The van der Waals surface area contributed by atoms with Crippen molar-refractivity contribution in [3.05, 3.63) is 141 Å². The lowest BCUT2D eigenvalue weighted by molar-refractivity contribution is -0.0209. The van der Waals surface area contributed by atoms with Crippen LogP contribution in [-0.4, -0.2) is 27.9 Å². The lowest BCUT2D eigenvalue weighted by Gasteiger charge is -2.37. The topological polar surface area (TPSA) is 84.3 Å². The number of nitrogens with zero attached hydrogens (tertiary/aromatic N) is 1. The number of aryl methyl sites for hydroxylation is 1. The molecular weight excluding hydrogens is 428 g/mol. The highest BCUT2D eigenvalue weighted by molar-refractivity contribution is 5.47. The zero-order chi connectivity index (χ0) is 23.8. The van der Waals surface area contributed by atoms with Crippen molar-refractivity contribution in [3.63, 3.8) is 0 Å². The van der Waals surface area contributed by atoms with E-state index in [2.05, 4.69) is 4.98 Å². The van der Waals surface area contributed by atoms with Gasteiger partial charge in [-0.25, -0.2) is 4.79 Å². The summed E-state index contributed by atoms with van der Waals surface area (Å²) in [6, 6.07) is 31.5. The van der Waals surface area contributed by atoms with E-state index >= 15 is 0 Å². The van der Waals surface area contributed by atoms with Crippen LogP contribution in [0.3, 0.4) is 0 Å². The van der Waals surface area contributed by atoms with E-state index < -0.39 is 16.9 Å². The summed E-state index contributed by atoms with van der Waals surface area (Å²) < 4.78 is 8.21. The van der Waals surface area contributed by atoms with Gasteiger partial charge >= 0.3 is 5.69 Å². The van der Waals surface area contributed by atoms with Crippen LogP contribution in [0.25, 0.3) is 0 Å². The highest BCUT2D eigenvalue weighted by Gasteiger charge is 2.38. The van der Waals surface area contributed by atoms with Crippen molar-refractivity contribution < 1.29 is 9.84 Å². The van der Waals surface area contributed by atoms with Crippen LogP contribution in [0.2, 0.25) is 0 Å². The molecule has 0 fully saturated rings. The lowest BCUT2D eigenvalue weighted by Crippen LogP contribution is -2.35. The van der Waals surface area contributed by atoms with Crippen molar-refractivity contribution >= 4 is 0 Å². The predicted octanol–water partition coefficient (Wildman–Crippen LogP) is 3.54. The van der Waals surface area contributed by atoms with Gasteiger partial charge in [0, 0.05) is 31.3 Å². The maximum Gasteiger partial charge on any atom is 0.328 e. The van der Waals surface area contributed by atoms with Crippen LogP contribution >= 0.6 is 0 Å². The second-order valence-electron chi connectivity index (χ2n) is 8.23. The monoisotopic (exact) mass is 456 g/mol. The van der Waals surface area contributed by atoms with E-state index in [1.165, 1.54) is 16.8 Å². The normalized spacial score (nSPS) is 12.4. The van der Waals surface area contributed by atoms with Gasteiger partial charge in [0.1, 0.15) is 5.60 Å². The number of aromatic nitrogens is 2. The SMILES string of the molecule is O=c1ccn(CCC(CO)COC(c2ccccc2)(c2ccccc2)c2ccccc2)c(=O)[nH]1. The number of aliphatic hydroxyl groups is 1. The average molecular weight is 457 g/mol. The van der Waals surface area contributed by atoms with Gasteiger partial charge in [-0.05, 0) is 23.1 Å². The first-order valence-corrected chi connectivity index (χ1v) is 11.3. The molecule has 0 aliphatic heterocycles. The molecule has 1 atom stereocenters. The van der Waals surface area contributed by atoms with Gasteiger partial charge in [0.2, 0.25) is 0 Å². The number of aliphatic hydroxyl groups excluding tert-OH is 1. The number of H-pyrrole nitrogens is 1. The number of hydrogen-bond acceptors (Lipinski definition) is 4. The van der Waals surface area contributed by atoms with E-state index in [1.807, 2.05) is 91.0 Å². The van der Waals surface area contributed by atoms with Crippen LogP contribution in [0.15, 0.2) is 113 Å².